The molecule has 0 saturated carbocycles. The third-order valence-electron chi connectivity index (χ3n) is 3.19. The van der Waals surface area contributed by atoms with Crippen LogP contribution in [0.15, 0.2) is 30.7 Å². The van der Waals surface area contributed by atoms with Gasteiger partial charge in [0, 0.05) is 12.1 Å². The Bertz CT molecular complexity index is 619. The van der Waals surface area contributed by atoms with Crippen molar-refractivity contribution < 1.29 is 14.3 Å². The number of carbonyl (C=O) groups excluding carboxylic acids is 1. The van der Waals surface area contributed by atoms with E-state index in [4.69, 9.17) is 9.47 Å². The molecule has 1 aromatic carbocycles. The van der Waals surface area contributed by atoms with Crippen LogP contribution in [0.1, 0.15) is 16.8 Å². The molecule has 0 spiro atoms. The number of hydrogen-bond donors (Lipinski definition) is 0. The average molecular weight is 258 g/mol. The minimum Gasteiger partial charge on any atom is -0.493 e. The van der Waals surface area contributed by atoms with Gasteiger partial charge < -0.3 is 14.0 Å². The van der Waals surface area contributed by atoms with Gasteiger partial charge in [0.25, 0.3) is 0 Å². The number of carbonyl (C=O) groups is 1. The number of nitrogens with zero attached hydrogens (tertiary/aromatic N) is 2. The summed E-state index contributed by atoms with van der Waals surface area (Å²) in [5, 5.41) is 0. The first kappa shape index (κ1) is 11.8. The molecule has 0 atom stereocenters. The van der Waals surface area contributed by atoms with Crippen molar-refractivity contribution >= 4 is 5.97 Å². The molecule has 5 nitrogen and oxygen atoms in total. The molecular weight excluding hydrogens is 244 g/mol. The normalized spacial score (nSPS) is 13.5. The van der Waals surface area contributed by atoms with E-state index in [1.165, 1.54) is 7.11 Å². The number of fused-ring (bicyclic) bond motifs is 3. The summed E-state index contributed by atoms with van der Waals surface area (Å²) in [5.41, 5.74) is 2.35. The highest BCUT2D eigenvalue weighted by Gasteiger charge is 2.17. The first-order valence-electron chi connectivity index (χ1n) is 6.15. The molecule has 0 fully saturated rings. The van der Waals surface area contributed by atoms with Crippen LogP contribution >= 0.6 is 0 Å². The van der Waals surface area contributed by atoms with Crippen LogP contribution < -0.4 is 4.74 Å². The van der Waals surface area contributed by atoms with Gasteiger partial charge in [-0.2, -0.15) is 0 Å². The van der Waals surface area contributed by atoms with Gasteiger partial charge in [0.2, 0.25) is 0 Å². The molecule has 0 amide bonds. The van der Waals surface area contributed by atoms with Crippen molar-refractivity contribution in [2.75, 3.05) is 13.7 Å². The van der Waals surface area contributed by atoms with Gasteiger partial charge in [0.15, 0.2) is 0 Å². The first-order valence-corrected chi connectivity index (χ1v) is 6.15. The number of aromatic nitrogens is 2. The quantitative estimate of drug-likeness (QED) is 0.735. The SMILES string of the molecule is COC(=O)c1ccc2c(c1)-c1cncn1CCCO2. The molecule has 2 aromatic rings. The zero-order valence-electron chi connectivity index (χ0n) is 10.6. The van der Waals surface area contributed by atoms with Crippen molar-refractivity contribution in [1.29, 1.82) is 0 Å². The molecule has 1 aromatic heterocycles. The van der Waals surface area contributed by atoms with Gasteiger partial charge in [-0.05, 0) is 24.6 Å². The highest BCUT2D eigenvalue weighted by atomic mass is 16.5. The predicted octanol–water partition coefficient (Wildman–Crippen LogP) is 2.12. The van der Waals surface area contributed by atoms with Crippen LogP contribution in [-0.2, 0) is 11.3 Å². The average Bonchev–Trinajstić information content (AvgIpc) is 2.88. The van der Waals surface area contributed by atoms with Crippen LogP contribution in [0.4, 0.5) is 0 Å². The Balaban J connectivity index is 2.14. The first-order chi connectivity index (χ1) is 9.29. The summed E-state index contributed by atoms with van der Waals surface area (Å²) in [6.07, 6.45) is 4.52. The second-order valence-electron chi connectivity index (χ2n) is 4.38. The molecule has 19 heavy (non-hydrogen) atoms. The lowest BCUT2D eigenvalue weighted by Gasteiger charge is -2.17. The Labute approximate surface area is 110 Å². The van der Waals surface area contributed by atoms with Crippen LogP contribution in [0.25, 0.3) is 11.3 Å². The fourth-order valence-corrected chi connectivity index (χ4v) is 2.24. The molecule has 2 heterocycles. The van der Waals surface area contributed by atoms with E-state index in [1.54, 1.807) is 24.7 Å². The third-order valence-corrected chi connectivity index (χ3v) is 3.19. The van der Waals surface area contributed by atoms with Crippen molar-refractivity contribution in [1.82, 2.24) is 9.55 Å². The number of hydrogen-bond acceptors (Lipinski definition) is 4. The van der Waals surface area contributed by atoms with E-state index in [0.29, 0.717) is 12.2 Å². The number of ether oxygens (including phenoxy) is 2. The zero-order chi connectivity index (χ0) is 13.2. The second kappa shape index (κ2) is 4.76. The lowest BCUT2D eigenvalue weighted by molar-refractivity contribution is 0.0600. The van der Waals surface area contributed by atoms with Crippen molar-refractivity contribution in [3.05, 3.63) is 36.3 Å². The smallest absolute Gasteiger partial charge is 0.337 e. The van der Waals surface area contributed by atoms with E-state index in [9.17, 15) is 4.79 Å². The summed E-state index contributed by atoms with van der Waals surface area (Å²) in [6.45, 7) is 1.51. The maximum atomic E-state index is 11.6. The Kier molecular flexibility index (Phi) is 2.95. The van der Waals surface area contributed by atoms with E-state index in [-0.39, 0.29) is 5.97 Å². The minimum absolute atomic E-state index is 0.351. The third kappa shape index (κ3) is 2.07. The fourth-order valence-electron chi connectivity index (χ4n) is 2.24. The van der Waals surface area contributed by atoms with Crippen LogP contribution in [0.5, 0.6) is 5.75 Å². The Hall–Kier alpha value is -2.30. The van der Waals surface area contributed by atoms with Crippen LogP contribution in [0.2, 0.25) is 0 Å². The molecule has 0 aliphatic carbocycles. The fraction of sp³-hybridized carbons (Fsp3) is 0.286. The summed E-state index contributed by atoms with van der Waals surface area (Å²) >= 11 is 0. The number of imidazole rings is 1. The van der Waals surface area contributed by atoms with E-state index < -0.39 is 0 Å². The van der Waals surface area contributed by atoms with E-state index in [2.05, 4.69) is 9.55 Å². The minimum atomic E-state index is -0.351. The number of methoxy groups -OCH3 is 1. The number of rotatable bonds is 1. The molecule has 0 bridgehead atoms. The van der Waals surface area contributed by atoms with Gasteiger partial charge in [-0.1, -0.05) is 0 Å². The van der Waals surface area contributed by atoms with Crippen LogP contribution in [0.3, 0.4) is 0 Å². The molecule has 1 aliphatic heterocycles. The van der Waals surface area contributed by atoms with Crippen LogP contribution in [-0.4, -0.2) is 29.2 Å². The highest BCUT2D eigenvalue weighted by Crippen LogP contribution is 2.32. The molecular formula is C14H14N2O3. The maximum Gasteiger partial charge on any atom is 0.337 e. The molecule has 0 radical (unpaired) electrons. The Morgan fingerprint density at radius 3 is 3.21 bits per heavy atom. The summed E-state index contributed by atoms with van der Waals surface area (Å²) in [4.78, 5) is 15.8. The maximum absolute atomic E-state index is 11.6. The van der Waals surface area contributed by atoms with Gasteiger partial charge in [0.1, 0.15) is 5.75 Å². The number of benzene rings is 1. The zero-order valence-corrected chi connectivity index (χ0v) is 10.6. The lowest BCUT2D eigenvalue weighted by Crippen LogP contribution is -2.10. The van der Waals surface area contributed by atoms with E-state index in [1.807, 2.05) is 6.07 Å². The Morgan fingerprint density at radius 2 is 2.37 bits per heavy atom. The predicted molar refractivity (Wildman–Crippen MR) is 69.1 cm³/mol. The molecule has 1 aliphatic rings. The molecule has 3 rings (SSSR count). The van der Waals surface area contributed by atoms with Crippen molar-refractivity contribution in [2.45, 2.75) is 13.0 Å². The number of esters is 1. The summed E-state index contributed by atoms with van der Waals surface area (Å²) in [7, 11) is 1.37. The van der Waals surface area contributed by atoms with E-state index >= 15 is 0 Å². The van der Waals surface area contributed by atoms with Crippen LogP contribution in [0, 0.1) is 0 Å². The van der Waals surface area contributed by atoms with Gasteiger partial charge in [-0.15, -0.1) is 0 Å². The van der Waals surface area contributed by atoms with Crippen molar-refractivity contribution in [2.24, 2.45) is 0 Å². The second-order valence-corrected chi connectivity index (χ2v) is 4.38. The number of aryl methyl sites for hydroxylation is 1. The van der Waals surface area contributed by atoms with Crippen molar-refractivity contribution in [3.8, 4) is 17.0 Å². The summed E-state index contributed by atoms with van der Waals surface area (Å²) in [6, 6.07) is 5.32. The largest absolute Gasteiger partial charge is 0.493 e. The van der Waals surface area contributed by atoms with Gasteiger partial charge in [-0.3, -0.25) is 0 Å². The topological polar surface area (TPSA) is 53.3 Å². The van der Waals surface area contributed by atoms with Gasteiger partial charge >= 0.3 is 5.97 Å². The lowest BCUT2D eigenvalue weighted by atomic mass is 10.1. The molecule has 0 unspecified atom stereocenters. The standard InChI is InChI=1S/C14H14N2O3/c1-18-14(17)10-3-4-13-11(7-10)12-8-15-9-16(12)5-2-6-19-13/h3-4,7-9H,2,5-6H2,1H3. The molecule has 0 N–H and O–H groups in total. The van der Waals surface area contributed by atoms with Crippen molar-refractivity contribution in [3.63, 3.8) is 0 Å². The molecule has 98 valence electrons. The molecule has 0 saturated heterocycles. The highest BCUT2D eigenvalue weighted by molar-refractivity contribution is 5.91. The van der Waals surface area contributed by atoms with E-state index in [0.717, 1.165) is 30.0 Å². The Morgan fingerprint density at radius 1 is 1.47 bits per heavy atom. The summed E-state index contributed by atoms with van der Waals surface area (Å²) < 4.78 is 12.6. The monoisotopic (exact) mass is 258 g/mol. The molecule has 5 heteroatoms. The van der Waals surface area contributed by atoms with Gasteiger partial charge in [-0.25, -0.2) is 9.78 Å². The summed E-state index contributed by atoms with van der Waals surface area (Å²) in [5.74, 6) is 0.421. The van der Waals surface area contributed by atoms with Gasteiger partial charge in [0.05, 0.1) is 37.5 Å².